The lowest BCUT2D eigenvalue weighted by atomic mass is 9.99. The molecule has 6 heterocycles. The Morgan fingerprint density at radius 1 is 0.561 bits per heavy atom. The monoisotopic (exact) mass is 932 g/mol. The highest BCUT2D eigenvalue weighted by Crippen LogP contribution is 2.40. The van der Waals surface area contributed by atoms with Gasteiger partial charge in [0.05, 0.1) is 19.7 Å². The predicted octanol–water partition coefficient (Wildman–Crippen LogP) is 11.9. The summed E-state index contributed by atoms with van der Waals surface area (Å²) < 4.78 is 27.9. The number of carbonyl (C=O) groups excluding carboxylic acids is 2. The topological polar surface area (TPSA) is 87.4 Å². The van der Waals surface area contributed by atoms with Crippen molar-refractivity contribution in [3.8, 4) is 23.0 Å². The van der Waals surface area contributed by atoms with E-state index in [1.54, 1.807) is 28.1 Å². The molecule has 0 radical (unpaired) electrons. The van der Waals surface area contributed by atoms with Crippen LogP contribution in [0.3, 0.4) is 0 Å². The number of nitrogens with zero attached hydrogens (tertiary/aromatic N) is 4. The van der Waals surface area contributed by atoms with E-state index < -0.39 is 0 Å². The van der Waals surface area contributed by atoms with E-state index in [1.165, 1.54) is 25.7 Å². The summed E-state index contributed by atoms with van der Waals surface area (Å²) in [7, 11) is 3.34. The van der Waals surface area contributed by atoms with Gasteiger partial charge in [0.15, 0.2) is 11.6 Å². The van der Waals surface area contributed by atoms with Crippen molar-refractivity contribution in [1.29, 1.82) is 0 Å². The quantitative estimate of drug-likeness (QED) is 0.0887. The third-order valence-electron chi connectivity index (χ3n) is 14.5. The maximum atomic E-state index is 12.2. The number of aromatic nitrogens is 2. The van der Waals surface area contributed by atoms with Crippen molar-refractivity contribution in [3.05, 3.63) is 118 Å². The van der Waals surface area contributed by atoms with Gasteiger partial charge in [-0.3, -0.25) is 19.4 Å². The van der Waals surface area contributed by atoms with Crippen molar-refractivity contribution >= 4 is 56.6 Å². The Kier molecular flexibility index (Phi) is 14.3. The first-order valence-electron chi connectivity index (χ1n) is 23.8. The Hall–Kier alpha value is -5.00. The molecule has 0 saturated carbocycles. The minimum atomic E-state index is 0.0906. The first-order valence-corrected chi connectivity index (χ1v) is 24.5. The fourth-order valence-corrected chi connectivity index (χ4v) is 11.7. The third kappa shape index (κ3) is 10.1. The van der Waals surface area contributed by atoms with E-state index in [2.05, 4.69) is 25.0 Å². The van der Waals surface area contributed by atoms with Gasteiger partial charge in [-0.2, -0.15) is 0 Å². The predicted molar refractivity (Wildman–Crippen MR) is 263 cm³/mol. The number of methoxy groups -OCH3 is 2. The van der Waals surface area contributed by atoms with Crippen molar-refractivity contribution in [2.45, 2.75) is 128 Å². The first-order chi connectivity index (χ1) is 32.0. The number of benzene rings is 4. The van der Waals surface area contributed by atoms with Crippen LogP contribution in [0.5, 0.6) is 23.0 Å². The highest BCUT2D eigenvalue weighted by atomic mass is 35.5. The van der Waals surface area contributed by atoms with Crippen LogP contribution in [0.25, 0.3) is 21.8 Å². The second-order valence-corrected chi connectivity index (χ2v) is 19.5. The summed E-state index contributed by atoms with van der Waals surface area (Å²) in [6.45, 7) is 7.17. The van der Waals surface area contributed by atoms with Gasteiger partial charge in [-0.15, -0.1) is 0 Å². The average molecular weight is 934 g/mol. The van der Waals surface area contributed by atoms with Crippen LogP contribution in [-0.4, -0.2) is 94.2 Å². The Morgan fingerprint density at radius 3 is 1.52 bits per heavy atom. The van der Waals surface area contributed by atoms with Crippen LogP contribution in [0, 0.1) is 0 Å². The smallest absolute Gasteiger partial charge is 0.161 e. The van der Waals surface area contributed by atoms with Crippen LogP contribution in [0.15, 0.2) is 97.3 Å². The zero-order chi connectivity index (χ0) is 45.9. The highest BCUT2D eigenvalue weighted by molar-refractivity contribution is 6.30. The number of piperidine rings is 2. The summed E-state index contributed by atoms with van der Waals surface area (Å²) in [5.74, 6) is 3.60. The zero-order valence-electron chi connectivity index (χ0n) is 38.6. The number of hydrogen-bond acceptors (Lipinski definition) is 8. The second-order valence-electron chi connectivity index (χ2n) is 18.6. The number of carbonyl (C=O) groups is 2. The minimum Gasteiger partial charge on any atom is -0.497 e. The fourth-order valence-electron chi connectivity index (χ4n) is 11.4. The van der Waals surface area contributed by atoms with Crippen LogP contribution < -0.4 is 18.9 Å². The van der Waals surface area contributed by atoms with Crippen molar-refractivity contribution in [2.24, 2.45) is 0 Å². The number of ether oxygens (including phenoxy) is 4. The number of ketones is 2. The van der Waals surface area contributed by atoms with E-state index in [0.29, 0.717) is 24.2 Å². The number of rotatable bonds is 16. The first kappa shape index (κ1) is 46.1. The molecule has 0 aliphatic carbocycles. The maximum absolute atomic E-state index is 12.2. The minimum absolute atomic E-state index is 0.0906. The molecule has 4 aliphatic heterocycles. The lowest BCUT2D eigenvalue weighted by Gasteiger charge is -2.39. The maximum Gasteiger partial charge on any atom is 0.161 e. The molecule has 348 valence electrons. The number of hydrogen-bond donors (Lipinski definition) is 0. The van der Waals surface area contributed by atoms with E-state index in [9.17, 15) is 9.59 Å². The van der Waals surface area contributed by atoms with E-state index in [4.69, 9.17) is 42.1 Å². The van der Waals surface area contributed by atoms with Gasteiger partial charge in [0.1, 0.15) is 35.2 Å². The third-order valence-corrected chi connectivity index (χ3v) is 15.0. The molecule has 0 spiro atoms. The van der Waals surface area contributed by atoms with Gasteiger partial charge < -0.3 is 28.1 Å². The molecule has 4 aromatic carbocycles. The van der Waals surface area contributed by atoms with Crippen LogP contribution in [0.4, 0.5) is 0 Å². The molecule has 10 rings (SSSR count). The molecule has 6 aromatic rings. The molecule has 66 heavy (non-hydrogen) atoms. The standard InChI is InChI=1S/2C27H31ClN2O3/c1-18(31)26-17-29(27-11-10-23(32-2)16-25(26)27)12-3-13-30-20-6-7-21(30)15-24(14-20)33-22-8-4-19(28)5-9-22;1-18(31)25-17-29(27-24(25)5-3-6-26(27)32-2)13-4-14-30-20-9-10-21(30)16-23(15-20)33-22-11-7-19(28)8-12-22/h4-5,8-11,16-17,20-21,24H,3,6-7,12-15H2,1-2H3;3,5-8,11-12,17,20-21,23H,4,9-10,13-16H2,1-2H3. The normalized spacial score (nSPS) is 22.6. The van der Waals surface area contributed by atoms with Gasteiger partial charge in [-0.05, 0) is 151 Å². The van der Waals surface area contributed by atoms with Gasteiger partial charge in [0.25, 0.3) is 0 Å². The Morgan fingerprint density at radius 2 is 1.03 bits per heavy atom. The second kappa shape index (κ2) is 20.5. The molecule has 2 aromatic heterocycles. The lowest BCUT2D eigenvalue weighted by Crippen LogP contribution is -2.46. The van der Waals surface area contributed by atoms with E-state index >= 15 is 0 Å². The molecule has 10 nitrogen and oxygen atoms in total. The van der Waals surface area contributed by atoms with Crippen molar-refractivity contribution < 1.29 is 28.5 Å². The lowest BCUT2D eigenvalue weighted by molar-refractivity contribution is 0.0480. The van der Waals surface area contributed by atoms with Gasteiger partial charge in [-0.1, -0.05) is 35.3 Å². The molecule has 0 N–H and O–H groups in total. The van der Waals surface area contributed by atoms with Crippen LogP contribution >= 0.6 is 23.2 Å². The fraction of sp³-hybridized carbons (Fsp3) is 0.444. The summed E-state index contributed by atoms with van der Waals surface area (Å²) in [6, 6.07) is 29.7. The molecule has 4 bridgehead atoms. The van der Waals surface area contributed by atoms with Crippen molar-refractivity contribution in [2.75, 3.05) is 27.3 Å². The summed E-state index contributed by atoms with van der Waals surface area (Å²) >= 11 is 12.0. The van der Waals surface area contributed by atoms with Gasteiger partial charge in [-0.25, -0.2) is 0 Å². The zero-order valence-corrected chi connectivity index (χ0v) is 40.1. The van der Waals surface area contributed by atoms with Crippen molar-refractivity contribution in [1.82, 2.24) is 18.9 Å². The molecular weight excluding hydrogens is 872 g/mol. The number of para-hydroxylation sites is 1. The van der Waals surface area contributed by atoms with E-state index in [0.717, 1.165) is 131 Å². The molecule has 0 amide bonds. The van der Waals surface area contributed by atoms with Crippen LogP contribution in [0.1, 0.15) is 98.8 Å². The molecule has 12 heteroatoms. The molecule has 4 aliphatic rings. The van der Waals surface area contributed by atoms with Gasteiger partial charge in [0.2, 0.25) is 0 Å². The van der Waals surface area contributed by atoms with E-state index in [1.807, 2.05) is 91.3 Å². The molecule has 4 saturated heterocycles. The molecule has 4 atom stereocenters. The highest BCUT2D eigenvalue weighted by Gasteiger charge is 2.42. The summed E-state index contributed by atoms with van der Waals surface area (Å²) in [5.41, 5.74) is 3.65. The Balaban J connectivity index is 0.000000166. The number of halogens is 2. The Bertz CT molecular complexity index is 2600. The Labute approximate surface area is 398 Å². The largest absolute Gasteiger partial charge is 0.497 e. The summed E-state index contributed by atoms with van der Waals surface area (Å²) in [5, 5.41) is 3.42. The van der Waals surface area contributed by atoms with Crippen LogP contribution in [-0.2, 0) is 13.1 Å². The number of Topliss-reactive ketones (excluding diaryl/α,β-unsaturated/α-hetero) is 2. The molecule has 4 fully saturated rings. The SMILES string of the molecule is COc1ccc2c(c1)c(C(C)=O)cn2CCCN1C2CCC1CC(Oc1ccc(Cl)cc1)C2.COc1cccc2c(C(C)=O)cn(CCCN3C4CCC3CC(Oc3ccc(Cl)cc3)C4)c12. The van der Waals surface area contributed by atoms with Gasteiger partial charge >= 0.3 is 0 Å². The van der Waals surface area contributed by atoms with Crippen LogP contribution in [0.2, 0.25) is 10.0 Å². The molecule has 4 unspecified atom stereocenters. The van der Waals surface area contributed by atoms with E-state index in [-0.39, 0.29) is 23.8 Å². The number of fused-ring (bicyclic) bond motifs is 6. The average Bonchev–Trinajstić information content (AvgIpc) is 4.01. The van der Waals surface area contributed by atoms with Crippen molar-refractivity contribution in [3.63, 3.8) is 0 Å². The summed E-state index contributed by atoms with van der Waals surface area (Å²) in [4.78, 5) is 29.8. The summed E-state index contributed by atoms with van der Waals surface area (Å²) in [6.07, 6.45) is 16.0. The number of aryl methyl sites for hydroxylation is 2. The van der Waals surface area contributed by atoms with Gasteiger partial charge in [0, 0.05) is 100 Å². The molecular formula is C54H62Cl2N4O6.